The van der Waals surface area contributed by atoms with E-state index in [0.29, 0.717) is 22.6 Å². The summed E-state index contributed by atoms with van der Waals surface area (Å²) >= 11 is 1.23. The Morgan fingerprint density at radius 1 is 1.14 bits per heavy atom. The number of aromatic nitrogens is 2. The summed E-state index contributed by atoms with van der Waals surface area (Å²) in [6.07, 6.45) is 0.469. The lowest BCUT2D eigenvalue weighted by molar-refractivity contribution is -0.384. The lowest BCUT2D eigenvalue weighted by Gasteiger charge is -2.02. The van der Waals surface area contributed by atoms with Gasteiger partial charge < -0.3 is 4.42 Å². The molecule has 0 unspecified atom stereocenters. The van der Waals surface area contributed by atoms with E-state index in [4.69, 9.17) is 4.42 Å². The molecule has 146 valence electrons. The van der Waals surface area contributed by atoms with Crippen LogP contribution in [-0.2, 0) is 6.42 Å². The number of carbonyl (C=O) groups excluding carboxylic acids is 1. The number of carbonyl (C=O) groups is 1. The zero-order valence-electron chi connectivity index (χ0n) is 15.6. The molecule has 0 spiro atoms. The average Bonchev–Trinajstić information content (AvgIpc) is 3.30. The van der Waals surface area contributed by atoms with E-state index in [1.54, 1.807) is 12.1 Å². The van der Waals surface area contributed by atoms with Crippen molar-refractivity contribution in [2.75, 3.05) is 5.32 Å². The van der Waals surface area contributed by atoms with Crippen molar-refractivity contribution >= 4 is 39.0 Å². The second-order valence-electron chi connectivity index (χ2n) is 6.64. The standard InChI is InChI=1S/C20H16N4O4S/c1-11-3-4-13(7-12(11)2)8-18-22-23-20(28-18)21-19(25)17-10-14-9-15(24(26)27)5-6-16(14)29-17/h3-7,9-10H,8H2,1-2H3,(H,21,23,25). The maximum Gasteiger partial charge on any atom is 0.322 e. The minimum atomic E-state index is -0.466. The molecule has 2 aromatic heterocycles. The molecule has 0 saturated heterocycles. The van der Waals surface area contributed by atoms with Crippen LogP contribution >= 0.6 is 11.3 Å². The van der Waals surface area contributed by atoms with Crippen LogP contribution in [0.15, 0.2) is 46.9 Å². The number of aryl methyl sites for hydroxylation is 2. The van der Waals surface area contributed by atoms with Gasteiger partial charge in [0, 0.05) is 22.2 Å². The summed E-state index contributed by atoms with van der Waals surface area (Å²) in [6.45, 7) is 4.09. The van der Waals surface area contributed by atoms with Gasteiger partial charge >= 0.3 is 6.01 Å². The molecule has 0 fully saturated rings. The van der Waals surface area contributed by atoms with Gasteiger partial charge in [-0.2, -0.15) is 0 Å². The van der Waals surface area contributed by atoms with E-state index in [1.165, 1.54) is 34.6 Å². The molecule has 0 aliphatic heterocycles. The summed E-state index contributed by atoms with van der Waals surface area (Å²) in [5, 5.41) is 22.0. The average molecular weight is 408 g/mol. The maximum atomic E-state index is 12.5. The maximum absolute atomic E-state index is 12.5. The first-order valence-corrected chi connectivity index (χ1v) is 9.58. The number of non-ortho nitro benzene ring substituents is 1. The summed E-state index contributed by atoms with van der Waals surface area (Å²) in [5.74, 6) is -0.00856. The van der Waals surface area contributed by atoms with Crippen molar-refractivity contribution in [3.8, 4) is 0 Å². The van der Waals surface area contributed by atoms with E-state index in [1.807, 2.05) is 26.0 Å². The van der Waals surface area contributed by atoms with Gasteiger partial charge in [-0.25, -0.2) is 0 Å². The molecule has 0 saturated carbocycles. The van der Waals surface area contributed by atoms with E-state index in [-0.39, 0.29) is 11.7 Å². The Balaban J connectivity index is 1.48. The van der Waals surface area contributed by atoms with Crippen molar-refractivity contribution in [2.45, 2.75) is 20.3 Å². The Hall–Kier alpha value is -3.59. The van der Waals surface area contributed by atoms with Crippen LogP contribution in [0, 0.1) is 24.0 Å². The van der Waals surface area contributed by atoms with Gasteiger partial charge in [-0.3, -0.25) is 20.2 Å². The van der Waals surface area contributed by atoms with Gasteiger partial charge in [-0.05, 0) is 42.7 Å². The zero-order valence-corrected chi connectivity index (χ0v) is 16.4. The van der Waals surface area contributed by atoms with E-state index < -0.39 is 10.8 Å². The van der Waals surface area contributed by atoms with Crippen LogP contribution in [0.1, 0.15) is 32.3 Å². The summed E-state index contributed by atoms with van der Waals surface area (Å²) in [4.78, 5) is 23.3. The first kappa shape index (κ1) is 18.8. The summed E-state index contributed by atoms with van der Waals surface area (Å²) in [6, 6.07) is 12.2. The fourth-order valence-corrected chi connectivity index (χ4v) is 3.82. The van der Waals surface area contributed by atoms with Crippen LogP contribution in [-0.4, -0.2) is 21.0 Å². The predicted octanol–water partition coefficient (Wildman–Crippen LogP) is 4.65. The molecule has 0 radical (unpaired) electrons. The quantitative estimate of drug-likeness (QED) is 0.380. The third-order valence-electron chi connectivity index (χ3n) is 4.55. The molecule has 2 heterocycles. The minimum absolute atomic E-state index is 0.0114. The molecule has 4 aromatic rings. The SMILES string of the molecule is Cc1ccc(Cc2nnc(NC(=O)c3cc4cc([N+](=O)[O-])ccc4s3)o2)cc1C. The smallest absolute Gasteiger partial charge is 0.322 e. The van der Waals surface area contributed by atoms with Crippen molar-refractivity contribution < 1.29 is 14.1 Å². The Morgan fingerprint density at radius 2 is 1.97 bits per heavy atom. The highest BCUT2D eigenvalue weighted by molar-refractivity contribution is 7.20. The van der Waals surface area contributed by atoms with Gasteiger partial charge in [0.05, 0.1) is 16.2 Å². The van der Waals surface area contributed by atoms with Crippen LogP contribution in [0.4, 0.5) is 11.7 Å². The first-order valence-electron chi connectivity index (χ1n) is 8.77. The van der Waals surface area contributed by atoms with E-state index in [0.717, 1.165) is 10.3 Å². The van der Waals surface area contributed by atoms with Crippen LogP contribution in [0.5, 0.6) is 0 Å². The number of nitro groups is 1. The largest absolute Gasteiger partial charge is 0.407 e. The number of nitrogens with one attached hydrogen (secondary N) is 1. The van der Waals surface area contributed by atoms with Crippen LogP contribution in [0.2, 0.25) is 0 Å². The normalized spacial score (nSPS) is 11.0. The third-order valence-corrected chi connectivity index (χ3v) is 5.66. The van der Waals surface area contributed by atoms with E-state index in [2.05, 4.69) is 21.6 Å². The van der Waals surface area contributed by atoms with Crippen molar-refractivity contribution in [2.24, 2.45) is 0 Å². The Bertz CT molecular complexity index is 1240. The molecule has 0 atom stereocenters. The van der Waals surface area contributed by atoms with Crippen molar-refractivity contribution in [3.63, 3.8) is 0 Å². The van der Waals surface area contributed by atoms with Crippen LogP contribution in [0.3, 0.4) is 0 Å². The molecule has 2 aromatic carbocycles. The summed E-state index contributed by atoms with van der Waals surface area (Å²) in [5.41, 5.74) is 3.41. The first-order chi connectivity index (χ1) is 13.9. The Kier molecular flexibility index (Phi) is 4.81. The number of benzene rings is 2. The van der Waals surface area contributed by atoms with E-state index >= 15 is 0 Å². The second-order valence-corrected chi connectivity index (χ2v) is 7.72. The summed E-state index contributed by atoms with van der Waals surface area (Å²) < 4.78 is 6.31. The van der Waals surface area contributed by atoms with Gasteiger partial charge in [0.15, 0.2) is 0 Å². The molecular formula is C20H16N4O4S. The number of hydrogen-bond donors (Lipinski definition) is 1. The van der Waals surface area contributed by atoms with Gasteiger partial charge in [0.1, 0.15) is 0 Å². The van der Waals surface area contributed by atoms with Gasteiger partial charge in [-0.1, -0.05) is 23.3 Å². The Labute approximate surface area is 169 Å². The number of nitro benzene ring substituents is 1. The molecule has 4 rings (SSSR count). The van der Waals surface area contributed by atoms with Gasteiger partial charge in [-0.15, -0.1) is 16.4 Å². The number of amides is 1. The Morgan fingerprint density at radius 3 is 2.72 bits per heavy atom. The highest BCUT2D eigenvalue weighted by Gasteiger charge is 2.16. The fraction of sp³-hybridized carbons (Fsp3) is 0.150. The second kappa shape index (κ2) is 7.44. The number of thiophene rings is 1. The monoisotopic (exact) mass is 408 g/mol. The van der Waals surface area contributed by atoms with Crippen molar-refractivity contribution in [1.82, 2.24) is 10.2 Å². The molecule has 8 nitrogen and oxygen atoms in total. The number of rotatable bonds is 5. The molecular weight excluding hydrogens is 392 g/mol. The molecule has 9 heteroatoms. The third kappa shape index (κ3) is 3.99. The minimum Gasteiger partial charge on any atom is -0.407 e. The highest BCUT2D eigenvalue weighted by atomic mass is 32.1. The number of hydrogen-bond acceptors (Lipinski definition) is 7. The molecule has 29 heavy (non-hydrogen) atoms. The number of anilines is 1. The predicted molar refractivity (Wildman–Crippen MR) is 109 cm³/mol. The van der Waals surface area contributed by atoms with Crippen LogP contribution < -0.4 is 5.32 Å². The highest BCUT2D eigenvalue weighted by Crippen LogP contribution is 2.29. The van der Waals surface area contributed by atoms with Gasteiger partial charge in [0.25, 0.3) is 11.6 Å². The van der Waals surface area contributed by atoms with Crippen molar-refractivity contribution in [3.05, 3.63) is 80.0 Å². The molecule has 0 bridgehead atoms. The molecule has 1 N–H and O–H groups in total. The zero-order chi connectivity index (χ0) is 20.5. The lowest BCUT2D eigenvalue weighted by atomic mass is 10.0. The molecule has 1 amide bonds. The molecule has 0 aliphatic rings. The van der Waals surface area contributed by atoms with E-state index in [9.17, 15) is 14.9 Å². The number of nitrogens with zero attached hydrogens (tertiary/aromatic N) is 3. The molecule has 0 aliphatic carbocycles. The van der Waals surface area contributed by atoms with Crippen molar-refractivity contribution in [1.29, 1.82) is 0 Å². The fourth-order valence-electron chi connectivity index (χ4n) is 2.88. The van der Waals surface area contributed by atoms with Gasteiger partial charge in [0.2, 0.25) is 5.89 Å². The lowest BCUT2D eigenvalue weighted by Crippen LogP contribution is -2.10. The number of fused-ring (bicyclic) bond motifs is 1. The van der Waals surface area contributed by atoms with Crippen LogP contribution in [0.25, 0.3) is 10.1 Å². The summed E-state index contributed by atoms with van der Waals surface area (Å²) in [7, 11) is 0. The topological polar surface area (TPSA) is 111 Å².